The summed E-state index contributed by atoms with van der Waals surface area (Å²) in [7, 11) is 3.42. The minimum absolute atomic E-state index is 0.123. The van der Waals surface area contributed by atoms with Crippen LogP contribution in [0.4, 0.5) is 17.2 Å². The molecule has 8 heteroatoms. The van der Waals surface area contributed by atoms with Gasteiger partial charge in [-0.1, -0.05) is 44.4 Å². The minimum Gasteiger partial charge on any atom is -0.388 e. The summed E-state index contributed by atoms with van der Waals surface area (Å²) in [5, 5.41) is 15.5. The lowest BCUT2D eigenvalue weighted by Gasteiger charge is -2.16. The van der Waals surface area contributed by atoms with Crippen molar-refractivity contribution in [2.45, 2.75) is 51.9 Å². The van der Waals surface area contributed by atoms with Gasteiger partial charge < -0.3 is 16.0 Å². The van der Waals surface area contributed by atoms with Crippen molar-refractivity contribution in [3.05, 3.63) is 71.1 Å². The van der Waals surface area contributed by atoms with Crippen molar-refractivity contribution in [1.29, 1.82) is 5.41 Å². The van der Waals surface area contributed by atoms with Crippen molar-refractivity contribution < 1.29 is 0 Å². The third-order valence-corrected chi connectivity index (χ3v) is 7.65. The lowest BCUT2D eigenvalue weighted by atomic mass is 10.0. The van der Waals surface area contributed by atoms with Gasteiger partial charge >= 0.3 is 0 Å². The molecule has 0 atom stereocenters. The third kappa shape index (κ3) is 5.63. The monoisotopic (exact) mass is 536 g/mol. The number of aryl methyl sites for hydroxylation is 1. The quantitative estimate of drug-likeness (QED) is 0.216. The molecule has 0 aliphatic carbocycles. The van der Waals surface area contributed by atoms with Crippen molar-refractivity contribution in [3.8, 4) is 11.4 Å². The summed E-state index contributed by atoms with van der Waals surface area (Å²) in [6.07, 6.45) is 8.58. The summed E-state index contributed by atoms with van der Waals surface area (Å²) in [6, 6.07) is 18.8. The number of pyridine rings is 1. The summed E-state index contributed by atoms with van der Waals surface area (Å²) in [4.78, 5) is 16.8. The van der Waals surface area contributed by atoms with E-state index in [4.69, 9.17) is 15.4 Å². The number of nitrogens with one attached hydrogen (secondary N) is 2. The molecule has 1 fully saturated rings. The highest BCUT2D eigenvalue weighted by Crippen LogP contribution is 2.29. The Morgan fingerprint density at radius 2 is 1.77 bits per heavy atom. The van der Waals surface area contributed by atoms with Gasteiger partial charge in [0.25, 0.3) is 0 Å². The van der Waals surface area contributed by atoms with Crippen LogP contribution < -0.4 is 26.9 Å². The summed E-state index contributed by atoms with van der Waals surface area (Å²) in [5.74, 6) is 1.22. The smallest absolute Gasteiger partial charge is 0.231 e. The van der Waals surface area contributed by atoms with Gasteiger partial charge in [-0.3, -0.25) is 5.41 Å². The van der Waals surface area contributed by atoms with Crippen LogP contribution >= 0.6 is 0 Å². The Labute approximate surface area is 235 Å². The molecule has 0 amide bonds. The number of nitrogens with zero attached hydrogens (tertiary/aromatic N) is 5. The van der Waals surface area contributed by atoms with E-state index in [1.54, 1.807) is 4.40 Å². The van der Waals surface area contributed by atoms with Gasteiger partial charge in [0, 0.05) is 47.8 Å². The van der Waals surface area contributed by atoms with Crippen LogP contribution in [0.1, 0.15) is 51.0 Å². The first-order valence-electron chi connectivity index (χ1n) is 14.5. The van der Waals surface area contributed by atoms with E-state index in [1.165, 1.54) is 67.6 Å². The molecular formula is C32H40N8. The lowest BCUT2D eigenvalue weighted by molar-refractivity contribution is 0.667. The molecule has 2 aromatic heterocycles. The van der Waals surface area contributed by atoms with Crippen molar-refractivity contribution in [3.63, 3.8) is 0 Å². The highest BCUT2D eigenvalue weighted by Gasteiger charge is 2.17. The van der Waals surface area contributed by atoms with E-state index < -0.39 is 0 Å². The summed E-state index contributed by atoms with van der Waals surface area (Å²) < 4.78 is 1.72. The fourth-order valence-corrected chi connectivity index (χ4v) is 5.48. The first-order valence-corrected chi connectivity index (χ1v) is 14.5. The highest BCUT2D eigenvalue weighted by atomic mass is 15.2. The van der Waals surface area contributed by atoms with Gasteiger partial charge in [-0.05, 0) is 74.7 Å². The number of rotatable bonds is 9. The van der Waals surface area contributed by atoms with Crippen LogP contribution in [0.15, 0.2) is 59.6 Å². The van der Waals surface area contributed by atoms with Crippen molar-refractivity contribution in [2.75, 3.05) is 37.4 Å². The second kappa shape index (κ2) is 12.4. The Balaban J connectivity index is 0.00000158. The topological polar surface area (TPSA) is 108 Å². The number of hydrogen-bond donors (Lipinski definition) is 3. The average Bonchev–Trinajstić information content (AvgIpc) is 3.38. The summed E-state index contributed by atoms with van der Waals surface area (Å²) >= 11 is 0. The molecular weight excluding hydrogens is 496 g/mol. The maximum atomic E-state index is 8.78. The molecule has 40 heavy (non-hydrogen) atoms. The molecule has 8 nitrogen and oxygen atoms in total. The molecule has 6 rings (SSSR count). The fourth-order valence-electron chi connectivity index (χ4n) is 5.48. The second-order valence-electron chi connectivity index (χ2n) is 10.3. The normalized spacial score (nSPS) is 13.8. The number of fused-ring (bicyclic) bond motifs is 2. The Morgan fingerprint density at radius 1 is 0.950 bits per heavy atom. The molecule has 0 spiro atoms. The lowest BCUT2D eigenvalue weighted by Crippen LogP contribution is -2.20. The van der Waals surface area contributed by atoms with E-state index >= 15 is 0 Å². The van der Waals surface area contributed by atoms with E-state index in [2.05, 4.69) is 64.3 Å². The van der Waals surface area contributed by atoms with Crippen molar-refractivity contribution in [1.82, 2.24) is 14.4 Å². The predicted octanol–water partition coefficient (Wildman–Crippen LogP) is 5.48. The van der Waals surface area contributed by atoms with E-state index in [0.717, 1.165) is 36.1 Å². The summed E-state index contributed by atoms with van der Waals surface area (Å²) in [6.45, 7) is 4.49. The van der Waals surface area contributed by atoms with Crippen LogP contribution in [0.2, 0.25) is 0 Å². The van der Waals surface area contributed by atoms with Crippen LogP contribution in [-0.4, -0.2) is 41.6 Å². The number of unbranched alkanes of at least 4 members (excludes halogenated alkanes) is 3. The van der Waals surface area contributed by atoms with Crippen LogP contribution in [0, 0.1) is 5.41 Å². The molecule has 208 valence electrons. The third-order valence-electron chi connectivity index (χ3n) is 7.65. The Kier molecular flexibility index (Phi) is 8.55. The molecule has 0 saturated carbocycles. The number of anilines is 2. The van der Waals surface area contributed by atoms with E-state index in [-0.39, 0.29) is 5.62 Å². The minimum atomic E-state index is 0.123. The fraction of sp³-hybridized carbons (Fsp3) is 0.375. The standard InChI is InChI=1S/C31H35N7.CH5N/c1-3-4-5-6-10-21-13-15-24(26(19-21)33-2)30-35-28-12-9-11-27(38(28)31(32)36-30)34-29-23-16-14-22(20-25(23)29)37-17-7-8-18-37;1-2/h9,11-16,19-20,32-33H,3-8,10,17-18H2,1-2H3;2H2,1H3/b32-31?,34-29+;. The molecule has 1 aliphatic rings. The zero-order valence-electron chi connectivity index (χ0n) is 23.9. The van der Waals surface area contributed by atoms with Gasteiger partial charge in [0.2, 0.25) is 5.62 Å². The van der Waals surface area contributed by atoms with Gasteiger partial charge in [-0.2, -0.15) is 4.98 Å². The highest BCUT2D eigenvalue weighted by molar-refractivity contribution is 5.99. The van der Waals surface area contributed by atoms with Crippen molar-refractivity contribution >= 4 is 33.6 Å². The Bertz CT molecular complexity index is 1680. The second-order valence-corrected chi connectivity index (χ2v) is 10.3. The summed E-state index contributed by atoms with van der Waals surface area (Å²) in [5.41, 5.74) is 9.76. The first kappa shape index (κ1) is 27.5. The predicted molar refractivity (Wildman–Crippen MR) is 165 cm³/mol. The molecule has 0 radical (unpaired) electrons. The molecule has 1 saturated heterocycles. The molecule has 1 aliphatic heterocycles. The van der Waals surface area contributed by atoms with Gasteiger partial charge in [0.15, 0.2) is 5.82 Å². The maximum Gasteiger partial charge on any atom is 0.231 e. The number of nitrogens with two attached hydrogens (primary N) is 1. The van der Waals surface area contributed by atoms with Gasteiger partial charge in [-0.25, -0.2) is 14.4 Å². The molecule has 4 N–H and O–H groups in total. The van der Waals surface area contributed by atoms with Crippen LogP contribution in [-0.2, 0) is 6.42 Å². The Hall–Kier alpha value is -4.04. The van der Waals surface area contributed by atoms with Crippen LogP contribution in [0.25, 0.3) is 27.8 Å². The molecule has 3 aromatic carbocycles. The zero-order valence-corrected chi connectivity index (χ0v) is 23.9. The number of hydrogen-bond acceptors (Lipinski definition) is 7. The SMILES string of the molecule is CCCCCCc1ccc(-c2nc(=N)n3c(/N=c4\c5ccc(N6CCCC6)cc45)cccc3n2)c(NC)c1.CN. The van der Waals surface area contributed by atoms with Gasteiger partial charge in [-0.15, -0.1) is 0 Å². The Morgan fingerprint density at radius 3 is 2.55 bits per heavy atom. The molecule has 3 heterocycles. The first-order chi connectivity index (χ1) is 19.7. The van der Waals surface area contributed by atoms with Crippen molar-refractivity contribution in [2.24, 2.45) is 10.7 Å². The molecule has 5 aromatic rings. The van der Waals surface area contributed by atoms with Gasteiger partial charge in [0.1, 0.15) is 11.5 Å². The average molecular weight is 537 g/mol. The van der Waals surface area contributed by atoms with E-state index in [0.29, 0.717) is 17.3 Å². The van der Waals surface area contributed by atoms with Crippen LogP contribution in [0.5, 0.6) is 0 Å². The van der Waals surface area contributed by atoms with Gasteiger partial charge in [0.05, 0.1) is 5.36 Å². The maximum absolute atomic E-state index is 8.78. The largest absolute Gasteiger partial charge is 0.388 e. The zero-order chi connectivity index (χ0) is 28.1. The molecule has 0 bridgehead atoms. The van der Waals surface area contributed by atoms with E-state index in [1.807, 2.05) is 25.2 Å². The van der Waals surface area contributed by atoms with Crippen LogP contribution in [0.3, 0.4) is 0 Å². The number of aromatic nitrogens is 3. The van der Waals surface area contributed by atoms with E-state index in [9.17, 15) is 0 Å². The number of benzene rings is 2. The molecule has 0 unspecified atom stereocenters.